The fourth-order valence-corrected chi connectivity index (χ4v) is 8.84. The number of unbranched alkanes of at least 4 members (excludes halogenated alkanes) is 36. The number of rotatable bonds is 52. The van der Waals surface area contributed by atoms with Crippen LogP contribution in [0.1, 0.15) is 324 Å². The molecule has 0 fully saturated rings. The number of hydrogen-bond donors (Lipinski definition) is 0. The fourth-order valence-electron chi connectivity index (χ4n) is 8.84. The predicted octanol–water partition coefficient (Wildman–Crippen LogP) is 18.9. The van der Waals surface area contributed by atoms with Crippen molar-refractivity contribution in [2.24, 2.45) is 11.8 Å². The molecule has 2 atom stereocenters. The molecular weight excluding hydrogens is 793 g/mol. The Morgan fingerprint density at radius 1 is 0.328 bits per heavy atom. The molecule has 0 aromatic carbocycles. The van der Waals surface area contributed by atoms with E-state index >= 15 is 0 Å². The fraction of sp³-hybridized carbons (Fsp3) is 0.948. The van der Waals surface area contributed by atoms with Crippen LogP contribution in [0.15, 0.2) is 0 Å². The van der Waals surface area contributed by atoms with Gasteiger partial charge in [0.05, 0.1) is 0 Å². The summed E-state index contributed by atoms with van der Waals surface area (Å²) in [5.74, 6) is 0.883. The van der Waals surface area contributed by atoms with Crippen molar-refractivity contribution in [3.8, 4) is 0 Å². The Morgan fingerprint density at radius 3 is 0.891 bits per heavy atom. The second-order valence-electron chi connectivity index (χ2n) is 20.6. The minimum Gasteiger partial charge on any atom is -0.462 e. The molecular formula is C58H112O6. The Bertz CT molecular complexity index is 980. The quantitative estimate of drug-likeness (QED) is 0.0344. The lowest BCUT2D eigenvalue weighted by molar-refractivity contribution is -0.167. The van der Waals surface area contributed by atoms with E-state index in [4.69, 9.17) is 14.2 Å². The summed E-state index contributed by atoms with van der Waals surface area (Å²) >= 11 is 0. The molecule has 6 heteroatoms. The maximum absolute atomic E-state index is 12.8. The smallest absolute Gasteiger partial charge is 0.306 e. The molecule has 0 saturated carbocycles. The van der Waals surface area contributed by atoms with Gasteiger partial charge in [0.1, 0.15) is 13.2 Å². The first-order chi connectivity index (χ1) is 31.3. The maximum atomic E-state index is 12.8. The van der Waals surface area contributed by atoms with Crippen LogP contribution in [-0.2, 0) is 28.6 Å². The van der Waals surface area contributed by atoms with E-state index in [2.05, 4.69) is 34.6 Å². The minimum atomic E-state index is -0.762. The number of esters is 3. The molecule has 0 bridgehead atoms. The molecule has 380 valence electrons. The normalized spacial score (nSPS) is 12.5. The van der Waals surface area contributed by atoms with Gasteiger partial charge in [-0.25, -0.2) is 0 Å². The molecule has 6 nitrogen and oxygen atoms in total. The van der Waals surface area contributed by atoms with Crippen molar-refractivity contribution in [3.05, 3.63) is 0 Å². The monoisotopic (exact) mass is 905 g/mol. The molecule has 0 N–H and O–H groups in total. The van der Waals surface area contributed by atoms with E-state index in [1.807, 2.05) is 0 Å². The van der Waals surface area contributed by atoms with Crippen molar-refractivity contribution in [2.45, 2.75) is 330 Å². The molecule has 64 heavy (non-hydrogen) atoms. The molecule has 0 aromatic rings. The molecule has 0 aliphatic carbocycles. The molecule has 0 spiro atoms. The summed E-state index contributed by atoms with van der Waals surface area (Å²) in [4.78, 5) is 38.1. The topological polar surface area (TPSA) is 78.9 Å². The van der Waals surface area contributed by atoms with Crippen LogP contribution in [0.4, 0.5) is 0 Å². The Kier molecular flexibility index (Phi) is 49.6. The molecule has 0 aromatic heterocycles. The van der Waals surface area contributed by atoms with Crippen LogP contribution in [0.5, 0.6) is 0 Å². The first-order valence-electron chi connectivity index (χ1n) is 28.8. The van der Waals surface area contributed by atoms with Crippen LogP contribution in [0, 0.1) is 11.8 Å². The van der Waals surface area contributed by atoms with Gasteiger partial charge in [-0.3, -0.25) is 14.4 Å². The molecule has 0 aliphatic rings. The van der Waals surface area contributed by atoms with Crippen LogP contribution in [-0.4, -0.2) is 37.2 Å². The highest BCUT2D eigenvalue weighted by molar-refractivity contribution is 5.71. The van der Waals surface area contributed by atoms with Crippen LogP contribution >= 0.6 is 0 Å². The lowest BCUT2D eigenvalue weighted by atomic mass is 9.99. The lowest BCUT2D eigenvalue weighted by Gasteiger charge is -2.18. The van der Waals surface area contributed by atoms with Gasteiger partial charge in [-0.05, 0) is 31.1 Å². The SMILES string of the molecule is CCCCCCCCCCCCCCCC(=O)O[C@H](COC(=O)CCCCCCCCCCCCCCCCCCC(C)C)COC(=O)CCCCCCCCCCCCC(C)CC. The van der Waals surface area contributed by atoms with Gasteiger partial charge in [-0.2, -0.15) is 0 Å². The maximum Gasteiger partial charge on any atom is 0.306 e. The molecule has 0 heterocycles. The van der Waals surface area contributed by atoms with Crippen molar-refractivity contribution >= 4 is 17.9 Å². The van der Waals surface area contributed by atoms with Crippen LogP contribution < -0.4 is 0 Å². The lowest BCUT2D eigenvalue weighted by Crippen LogP contribution is -2.30. The Labute approximate surface area is 399 Å². The summed E-state index contributed by atoms with van der Waals surface area (Å²) in [6.45, 7) is 11.4. The first kappa shape index (κ1) is 62.4. The standard InChI is InChI=1S/C58H112O6/c1-6-8-9-10-11-12-13-18-23-30-35-40-45-50-58(61)64-55(52-63-57(60)49-44-39-34-29-25-24-27-32-37-42-47-54(5)7-2)51-62-56(59)48-43-38-33-28-22-20-17-15-14-16-19-21-26-31-36-41-46-53(3)4/h53-55H,6-52H2,1-5H3/t54?,55-/m1/s1. The van der Waals surface area contributed by atoms with Crippen LogP contribution in [0.3, 0.4) is 0 Å². The van der Waals surface area contributed by atoms with E-state index in [0.29, 0.717) is 19.3 Å². The van der Waals surface area contributed by atoms with Crippen molar-refractivity contribution in [1.82, 2.24) is 0 Å². The van der Waals surface area contributed by atoms with Gasteiger partial charge in [0.15, 0.2) is 6.10 Å². The van der Waals surface area contributed by atoms with Crippen LogP contribution in [0.2, 0.25) is 0 Å². The Balaban J connectivity index is 4.27. The number of hydrogen-bond acceptors (Lipinski definition) is 6. The predicted molar refractivity (Wildman–Crippen MR) is 275 cm³/mol. The van der Waals surface area contributed by atoms with Gasteiger partial charge in [-0.15, -0.1) is 0 Å². The van der Waals surface area contributed by atoms with E-state index in [9.17, 15) is 14.4 Å². The summed E-state index contributed by atoms with van der Waals surface area (Å²) < 4.78 is 16.9. The number of carbonyl (C=O) groups excluding carboxylic acids is 3. The summed E-state index contributed by atoms with van der Waals surface area (Å²) in [5.41, 5.74) is 0. The molecule has 0 saturated heterocycles. The zero-order valence-corrected chi connectivity index (χ0v) is 43.9. The second kappa shape index (κ2) is 50.8. The first-order valence-corrected chi connectivity index (χ1v) is 28.8. The van der Waals surface area contributed by atoms with E-state index in [1.54, 1.807) is 0 Å². The third-order valence-corrected chi connectivity index (χ3v) is 13.6. The summed E-state index contributed by atoms with van der Waals surface area (Å²) in [6, 6.07) is 0. The number of carbonyl (C=O) groups is 3. The van der Waals surface area contributed by atoms with E-state index in [-0.39, 0.29) is 31.1 Å². The van der Waals surface area contributed by atoms with Gasteiger partial charge in [0, 0.05) is 19.3 Å². The second-order valence-corrected chi connectivity index (χ2v) is 20.6. The summed E-state index contributed by atoms with van der Waals surface area (Å²) in [5, 5.41) is 0. The van der Waals surface area contributed by atoms with Crippen molar-refractivity contribution in [2.75, 3.05) is 13.2 Å². The van der Waals surface area contributed by atoms with Gasteiger partial charge < -0.3 is 14.2 Å². The van der Waals surface area contributed by atoms with Gasteiger partial charge in [0.2, 0.25) is 0 Å². The van der Waals surface area contributed by atoms with Gasteiger partial charge >= 0.3 is 17.9 Å². The van der Waals surface area contributed by atoms with Crippen molar-refractivity contribution in [3.63, 3.8) is 0 Å². The number of ether oxygens (including phenoxy) is 3. The van der Waals surface area contributed by atoms with Crippen molar-refractivity contribution < 1.29 is 28.6 Å². The van der Waals surface area contributed by atoms with E-state index < -0.39 is 6.10 Å². The highest BCUT2D eigenvalue weighted by Crippen LogP contribution is 2.18. The van der Waals surface area contributed by atoms with Gasteiger partial charge in [-0.1, -0.05) is 285 Å². The summed E-state index contributed by atoms with van der Waals surface area (Å²) in [7, 11) is 0. The van der Waals surface area contributed by atoms with Crippen LogP contribution in [0.25, 0.3) is 0 Å². The van der Waals surface area contributed by atoms with Gasteiger partial charge in [0.25, 0.3) is 0 Å². The Morgan fingerprint density at radius 2 is 0.594 bits per heavy atom. The highest BCUT2D eigenvalue weighted by atomic mass is 16.6. The summed E-state index contributed by atoms with van der Waals surface area (Å²) in [6.07, 6.45) is 53.7. The third kappa shape index (κ3) is 49.8. The highest BCUT2D eigenvalue weighted by Gasteiger charge is 2.19. The van der Waals surface area contributed by atoms with E-state index in [0.717, 1.165) is 69.6 Å². The van der Waals surface area contributed by atoms with E-state index in [1.165, 1.54) is 212 Å². The van der Waals surface area contributed by atoms with Crippen molar-refractivity contribution in [1.29, 1.82) is 0 Å². The molecule has 0 amide bonds. The average molecular weight is 906 g/mol. The Hall–Kier alpha value is -1.59. The molecule has 0 aliphatic heterocycles. The average Bonchev–Trinajstić information content (AvgIpc) is 3.28. The largest absolute Gasteiger partial charge is 0.462 e. The zero-order valence-electron chi connectivity index (χ0n) is 43.9. The molecule has 0 radical (unpaired) electrons. The third-order valence-electron chi connectivity index (χ3n) is 13.6. The zero-order chi connectivity index (χ0) is 46.8. The minimum absolute atomic E-state index is 0.0627. The molecule has 0 rings (SSSR count). The molecule has 1 unspecified atom stereocenters.